The van der Waals surface area contributed by atoms with Crippen molar-refractivity contribution in [1.29, 1.82) is 0 Å². The monoisotopic (exact) mass is 341 g/mol. The van der Waals surface area contributed by atoms with Crippen molar-refractivity contribution in [3.63, 3.8) is 0 Å². The van der Waals surface area contributed by atoms with Crippen LogP contribution in [-0.4, -0.2) is 19.8 Å². The number of hydrogen-bond donors (Lipinski definition) is 1. The van der Waals surface area contributed by atoms with E-state index in [2.05, 4.69) is 24.0 Å². The Bertz CT molecular complexity index is 665. The van der Waals surface area contributed by atoms with E-state index in [1.165, 1.54) is 5.56 Å². The molecule has 0 saturated heterocycles. The SMILES string of the molecule is C=CCOc1ccc(CNCc2ccc(OC(C)C)cc2)cc1OC. The van der Waals surface area contributed by atoms with Crippen LogP contribution in [0.2, 0.25) is 0 Å². The molecule has 134 valence electrons. The summed E-state index contributed by atoms with van der Waals surface area (Å²) in [4.78, 5) is 0. The van der Waals surface area contributed by atoms with E-state index in [-0.39, 0.29) is 6.10 Å². The summed E-state index contributed by atoms with van der Waals surface area (Å²) in [5.74, 6) is 2.36. The normalized spacial score (nSPS) is 10.6. The molecule has 4 nitrogen and oxygen atoms in total. The molecule has 25 heavy (non-hydrogen) atoms. The Balaban J connectivity index is 1.87. The number of rotatable bonds is 10. The van der Waals surface area contributed by atoms with Crippen LogP contribution in [0.1, 0.15) is 25.0 Å². The van der Waals surface area contributed by atoms with E-state index in [1.54, 1.807) is 13.2 Å². The van der Waals surface area contributed by atoms with Gasteiger partial charge in [0.1, 0.15) is 12.4 Å². The third-order valence-electron chi connectivity index (χ3n) is 3.54. The smallest absolute Gasteiger partial charge is 0.161 e. The maximum Gasteiger partial charge on any atom is 0.161 e. The van der Waals surface area contributed by atoms with Gasteiger partial charge in [-0.2, -0.15) is 0 Å². The highest BCUT2D eigenvalue weighted by atomic mass is 16.5. The van der Waals surface area contributed by atoms with Gasteiger partial charge in [0, 0.05) is 13.1 Å². The largest absolute Gasteiger partial charge is 0.493 e. The average molecular weight is 341 g/mol. The van der Waals surface area contributed by atoms with Crippen LogP contribution in [-0.2, 0) is 13.1 Å². The first-order valence-corrected chi connectivity index (χ1v) is 8.49. The first-order valence-electron chi connectivity index (χ1n) is 8.49. The van der Waals surface area contributed by atoms with Crippen LogP contribution in [0.25, 0.3) is 0 Å². The van der Waals surface area contributed by atoms with Crippen LogP contribution in [0.5, 0.6) is 17.2 Å². The minimum Gasteiger partial charge on any atom is -0.493 e. The van der Waals surface area contributed by atoms with E-state index in [0.717, 1.165) is 35.9 Å². The van der Waals surface area contributed by atoms with E-state index >= 15 is 0 Å². The molecule has 2 aromatic carbocycles. The fraction of sp³-hybridized carbons (Fsp3) is 0.333. The Labute approximate surface area is 150 Å². The molecule has 0 aliphatic heterocycles. The number of nitrogens with one attached hydrogen (secondary N) is 1. The van der Waals surface area contributed by atoms with Crippen LogP contribution in [0, 0.1) is 0 Å². The minimum absolute atomic E-state index is 0.192. The zero-order chi connectivity index (χ0) is 18.1. The maximum atomic E-state index is 5.66. The van der Waals surface area contributed by atoms with Crippen molar-refractivity contribution in [1.82, 2.24) is 5.32 Å². The number of hydrogen-bond acceptors (Lipinski definition) is 4. The number of benzene rings is 2. The van der Waals surface area contributed by atoms with Crippen molar-refractivity contribution in [3.8, 4) is 17.2 Å². The van der Waals surface area contributed by atoms with E-state index < -0.39 is 0 Å². The molecule has 1 N–H and O–H groups in total. The number of ether oxygens (including phenoxy) is 3. The zero-order valence-electron chi connectivity index (χ0n) is 15.2. The molecular weight excluding hydrogens is 314 g/mol. The summed E-state index contributed by atoms with van der Waals surface area (Å²) in [6.07, 6.45) is 1.91. The average Bonchev–Trinajstić information content (AvgIpc) is 2.61. The highest BCUT2D eigenvalue weighted by Crippen LogP contribution is 2.28. The van der Waals surface area contributed by atoms with Gasteiger partial charge < -0.3 is 19.5 Å². The lowest BCUT2D eigenvalue weighted by Crippen LogP contribution is -2.13. The van der Waals surface area contributed by atoms with E-state index in [0.29, 0.717) is 6.61 Å². The summed E-state index contributed by atoms with van der Waals surface area (Å²) in [5.41, 5.74) is 2.36. The second-order valence-electron chi connectivity index (χ2n) is 6.00. The molecule has 0 unspecified atom stereocenters. The third-order valence-corrected chi connectivity index (χ3v) is 3.54. The van der Waals surface area contributed by atoms with Gasteiger partial charge in [0.25, 0.3) is 0 Å². The van der Waals surface area contributed by atoms with Crippen LogP contribution in [0.3, 0.4) is 0 Å². The standard InChI is InChI=1S/C21H27NO3/c1-5-12-24-20-11-8-18(13-21(20)23-4)15-22-14-17-6-9-19(10-7-17)25-16(2)3/h5-11,13,16,22H,1,12,14-15H2,2-4H3. The number of methoxy groups -OCH3 is 1. The molecule has 0 radical (unpaired) electrons. The third kappa shape index (κ3) is 6.16. The van der Waals surface area contributed by atoms with Crippen molar-refractivity contribution in [2.45, 2.75) is 33.0 Å². The highest BCUT2D eigenvalue weighted by Gasteiger charge is 2.05. The molecule has 4 heteroatoms. The van der Waals surface area contributed by atoms with Crippen LogP contribution < -0.4 is 19.5 Å². The Morgan fingerprint density at radius 1 is 1.00 bits per heavy atom. The lowest BCUT2D eigenvalue weighted by atomic mass is 10.2. The first kappa shape index (κ1) is 18.9. The molecule has 0 saturated carbocycles. The highest BCUT2D eigenvalue weighted by molar-refractivity contribution is 5.43. The molecule has 0 atom stereocenters. The Morgan fingerprint density at radius 2 is 1.68 bits per heavy atom. The summed E-state index contributed by atoms with van der Waals surface area (Å²) >= 11 is 0. The predicted molar refractivity (Wildman–Crippen MR) is 101 cm³/mol. The van der Waals surface area contributed by atoms with E-state index in [1.807, 2.05) is 44.2 Å². The van der Waals surface area contributed by atoms with Gasteiger partial charge >= 0.3 is 0 Å². The van der Waals surface area contributed by atoms with Gasteiger partial charge in [-0.25, -0.2) is 0 Å². The predicted octanol–water partition coefficient (Wildman–Crippen LogP) is 4.34. The topological polar surface area (TPSA) is 39.7 Å². The van der Waals surface area contributed by atoms with Gasteiger partial charge in [0.2, 0.25) is 0 Å². The summed E-state index contributed by atoms with van der Waals surface area (Å²) in [6.45, 7) is 9.71. The summed E-state index contributed by atoms with van der Waals surface area (Å²) in [7, 11) is 1.65. The summed E-state index contributed by atoms with van der Waals surface area (Å²) in [6, 6.07) is 14.1. The van der Waals surface area contributed by atoms with Crippen LogP contribution in [0.4, 0.5) is 0 Å². The maximum absolute atomic E-state index is 5.66. The first-order chi connectivity index (χ1) is 12.1. The molecule has 0 aliphatic carbocycles. The molecule has 0 aromatic heterocycles. The molecule has 2 rings (SSSR count). The van der Waals surface area contributed by atoms with Gasteiger partial charge in [-0.15, -0.1) is 0 Å². The van der Waals surface area contributed by atoms with Crippen molar-refractivity contribution in [3.05, 3.63) is 66.2 Å². The van der Waals surface area contributed by atoms with Crippen LogP contribution in [0.15, 0.2) is 55.1 Å². The second kappa shape index (κ2) is 9.74. The molecule has 0 spiro atoms. The van der Waals surface area contributed by atoms with Gasteiger partial charge in [-0.3, -0.25) is 0 Å². The van der Waals surface area contributed by atoms with Crippen molar-refractivity contribution >= 4 is 0 Å². The molecule has 0 bridgehead atoms. The van der Waals surface area contributed by atoms with E-state index in [9.17, 15) is 0 Å². The van der Waals surface area contributed by atoms with E-state index in [4.69, 9.17) is 14.2 Å². The second-order valence-corrected chi connectivity index (χ2v) is 6.00. The van der Waals surface area contributed by atoms with Gasteiger partial charge in [-0.1, -0.05) is 30.9 Å². The summed E-state index contributed by atoms with van der Waals surface area (Å²) < 4.78 is 16.6. The lowest BCUT2D eigenvalue weighted by molar-refractivity contribution is 0.242. The van der Waals surface area contributed by atoms with Gasteiger partial charge in [-0.05, 0) is 49.2 Å². The Morgan fingerprint density at radius 3 is 2.32 bits per heavy atom. The summed E-state index contributed by atoms with van der Waals surface area (Å²) in [5, 5.41) is 3.44. The van der Waals surface area contributed by atoms with Crippen molar-refractivity contribution < 1.29 is 14.2 Å². The quantitative estimate of drug-likeness (QED) is 0.653. The molecule has 0 amide bonds. The molecule has 2 aromatic rings. The Hall–Kier alpha value is -2.46. The molecule has 0 fully saturated rings. The fourth-order valence-electron chi connectivity index (χ4n) is 2.40. The fourth-order valence-corrected chi connectivity index (χ4v) is 2.40. The molecule has 0 aliphatic rings. The van der Waals surface area contributed by atoms with Crippen molar-refractivity contribution in [2.75, 3.05) is 13.7 Å². The molecule has 0 heterocycles. The zero-order valence-corrected chi connectivity index (χ0v) is 15.2. The lowest BCUT2D eigenvalue weighted by Gasteiger charge is -2.12. The molecular formula is C21H27NO3. The van der Waals surface area contributed by atoms with Crippen LogP contribution >= 0.6 is 0 Å². The minimum atomic E-state index is 0.192. The van der Waals surface area contributed by atoms with Gasteiger partial charge in [0.05, 0.1) is 13.2 Å². The van der Waals surface area contributed by atoms with Gasteiger partial charge in [0.15, 0.2) is 11.5 Å². The Kier molecular flexibility index (Phi) is 7.36. The van der Waals surface area contributed by atoms with Crippen molar-refractivity contribution in [2.24, 2.45) is 0 Å².